The Hall–Kier alpha value is -0.870. The van der Waals surface area contributed by atoms with Gasteiger partial charge in [0.25, 0.3) is 0 Å². The standard InChI is InChI=1S/C13H23N3O/c1-10(2)12(7-14)13-8-15-9-16(13)11-3-5-17-6-4-11/h8-12H,3-7,14H2,1-2H3. The smallest absolute Gasteiger partial charge is 0.0950 e. The number of ether oxygens (including phenoxy) is 1. The Morgan fingerprint density at radius 3 is 2.76 bits per heavy atom. The summed E-state index contributed by atoms with van der Waals surface area (Å²) in [5, 5.41) is 0. The molecule has 2 heterocycles. The van der Waals surface area contributed by atoms with Gasteiger partial charge >= 0.3 is 0 Å². The molecule has 17 heavy (non-hydrogen) atoms. The average molecular weight is 237 g/mol. The van der Waals surface area contributed by atoms with Crippen molar-refractivity contribution in [3.05, 3.63) is 18.2 Å². The Kier molecular flexibility index (Phi) is 4.18. The summed E-state index contributed by atoms with van der Waals surface area (Å²) in [6.45, 7) is 6.85. The van der Waals surface area contributed by atoms with E-state index >= 15 is 0 Å². The zero-order valence-electron chi connectivity index (χ0n) is 10.8. The highest BCUT2D eigenvalue weighted by Gasteiger charge is 2.23. The predicted octanol–water partition coefficient (Wildman–Crippen LogP) is 1.93. The second-order valence-corrected chi connectivity index (χ2v) is 5.16. The molecule has 4 nitrogen and oxygen atoms in total. The summed E-state index contributed by atoms with van der Waals surface area (Å²) in [7, 11) is 0. The maximum absolute atomic E-state index is 5.90. The molecule has 0 bridgehead atoms. The van der Waals surface area contributed by atoms with E-state index in [1.54, 1.807) is 0 Å². The molecule has 1 saturated heterocycles. The lowest BCUT2D eigenvalue weighted by atomic mass is 9.92. The lowest BCUT2D eigenvalue weighted by Gasteiger charge is -2.28. The van der Waals surface area contributed by atoms with Crippen LogP contribution in [-0.4, -0.2) is 29.3 Å². The third kappa shape index (κ3) is 2.69. The van der Waals surface area contributed by atoms with Gasteiger partial charge in [-0.15, -0.1) is 0 Å². The predicted molar refractivity (Wildman–Crippen MR) is 68.0 cm³/mol. The molecule has 1 aliphatic heterocycles. The van der Waals surface area contributed by atoms with E-state index in [4.69, 9.17) is 10.5 Å². The van der Waals surface area contributed by atoms with Crippen molar-refractivity contribution in [3.63, 3.8) is 0 Å². The quantitative estimate of drug-likeness (QED) is 0.870. The summed E-state index contributed by atoms with van der Waals surface area (Å²) >= 11 is 0. The SMILES string of the molecule is CC(C)C(CN)c1cncn1C1CCOCC1. The number of imidazole rings is 1. The van der Waals surface area contributed by atoms with E-state index in [1.807, 2.05) is 12.5 Å². The summed E-state index contributed by atoms with van der Waals surface area (Å²) < 4.78 is 7.73. The van der Waals surface area contributed by atoms with E-state index in [2.05, 4.69) is 23.4 Å². The van der Waals surface area contributed by atoms with E-state index in [9.17, 15) is 0 Å². The molecule has 1 atom stereocenters. The molecule has 0 aromatic carbocycles. The Balaban J connectivity index is 2.20. The van der Waals surface area contributed by atoms with Crippen molar-refractivity contribution in [1.82, 2.24) is 9.55 Å². The van der Waals surface area contributed by atoms with Crippen LogP contribution in [0, 0.1) is 5.92 Å². The summed E-state index contributed by atoms with van der Waals surface area (Å²) in [5.74, 6) is 0.954. The maximum Gasteiger partial charge on any atom is 0.0950 e. The van der Waals surface area contributed by atoms with Gasteiger partial charge in [0.05, 0.1) is 6.33 Å². The van der Waals surface area contributed by atoms with Crippen molar-refractivity contribution in [2.24, 2.45) is 11.7 Å². The number of aromatic nitrogens is 2. The minimum atomic E-state index is 0.403. The van der Waals surface area contributed by atoms with Crippen molar-refractivity contribution < 1.29 is 4.74 Å². The van der Waals surface area contributed by atoms with Crippen molar-refractivity contribution >= 4 is 0 Å². The van der Waals surface area contributed by atoms with Gasteiger partial charge in [0.1, 0.15) is 0 Å². The van der Waals surface area contributed by atoms with Crippen molar-refractivity contribution in [3.8, 4) is 0 Å². The Morgan fingerprint density at radius 1 is 1.47 bits per heavy atom. The first-order chi connectivity index (χ1) is 8.24. The maximum atomic E-state index is 5.90. The Labute approximate surface area is 103 Å². The highest BCUT2D eigenvalue weighted by molar-refractivity contribution is 5.09. The lowest BCUT2D eigenvalue weighted by molar-refractivity contribution is 0.0684. The van der Waals surface area contributed by atoms with E-state index in [0.29, 0.717) is 24.4 Å². The molecule has 2 N–H and O–H groups in total. The third-order valence-electron chi connectivity index (χ3n) is 3.72. The van der Waals surface area contributed by atoms with Crippen LogP contribution in [0.2, 0.25) is 0 Å². The van der Waals surface area contributed by atoms with Crippen molar-refractivity contribution in [2.75, 3.05) is 19.8 Å². The number of hydrogen-bond acceptors (Lipinski definition) is 3. The van der Waals surface area contributed by atoms with Gasteiger partial charge in [0.2, 0.25) is 0 Å². The summed E-state index contributed by atoms with van der Waals surface area (Å²) in [5.41, 5.74) is 7.18. The Bertz CT molecular complexity index is 342. The van der Waals surface area contributed by atoms with Crippen LogP contribution < -0.4 is 5.73 Å². The molecule has 1 aromatic rings. The second-order valence-electron chi connectivity index (χ2n) is 5.16. The fourth-order valence-corrected chi connectivity index (χ4v) is 2.60. The van der Waals surface area contributed by atoms with Gasteiger partial charge in [0, 0.05) is 43.6 Å². The minimum Gasteiger partial charge on any atom is -0.381 e. The molecule has 1 fully saturated rings. The van der Waals surface area contributed by atoms with Gasteiger partial charge in [0.15, 0.2) is 0 Å². The second kappa shape index (κ2) is 5.65. The van der Waals surface area contributed by atoms with Crippen LogP contribution in [0.15, 0.2) is 12.5 Å². The normalized spacial score (nSPS) is 19.8. The molecular formula is C13H23N3O. The lowest BCUT2D eigenvalue weighted by Crippen LogP contribution is -2.25. The molecule has 4 heteroatoms. The molecular weight excluding hydrogens is 214 g/mol. The highest BCUT2D eigenvalue weighted by Crippen LogP contribution is 2.29. The van der Waals surface area contributed by atoms with Gasteiger partial charge in [-0.25, -0.2) is 4.98 Å². The molecule has 0 saturated carbocycles. The molecule has 1 unspecified atom stereocenters. The fourth-order valence-electron chi connectivity index (χ4n) is 2.60. The van der Waals surface area contributed by atoms with E-state index in [-0.39, 0.29) is 0 Å². The molecule has 96 valence electrons. The topological polar surface area (TPSA) is 53.1 Å². The molecule has 1 aromatic heterocycles. The van der Waals surface area contributed by atoms with Crippen molar-refractivity contribution in [1.29, 1.82) is 0 Å². The van der Waals surface area contributed by atoms with Crippen LogP contribution >= 0.6 is 0 Å². The number of hydrogen-bond donors (Lipinski definition) is 1. The third-order valence-corrected chi connectivity index (χ3v) is 3.72. The molecule has 1 aliphatic rings. The first-order valence-corrected chi connectivity index (χ1v) is 6.53. The number of nitrogens with two attached hydrogens (primary N) is 1. The van der Waals surface area contributed by atoms with Gasteiger partial charge in [-0.1, -0.05) is 13.8 Å². The van der Waals surface area contributed by atoms with E-state index in [1.165, 1.54) is 5.69 Å². The minimum absolute atomic E-state index is 0.403. The van der Waals surface area contributed by atoms with Crippen LogP contribution in [-0.2, 0) is 4.74 Å². The summed E-state index contributed by atoms with van der Waals surface area (Å²) in [6.07, 6.45) is 6.10. The molecule has 0 spiro atoms. The van der Waals surface area contributed by atoms with Crippen LogP contribution in [0.1, 0.15) is 44.3 Å². The van der Waals surface area contributed by atoms with Crippen LogP contribution in [0.3, 0.4) is 0 Å². The molecule has 0 radical (unpaired) electrons. The molecule has 2 rings (SSSR count). The number of rotatable bonds is 4. The monoisotopic (exact) mass is 237 g/mol. The summed E-state index contributed by atoms with van der Waals surface area (Å²) in [4.78, 5) is 4.32. The summed E-state index contributed by atoms with van der Waals surface area (Å²) in [6, 6.07) is 0.536. The van der Waals surface area contributed by atoms with Gasteiger partial charge in [-0.3, -0.25) is 0 Å². The van der Waals surface area contributed by atoms with Crippen LogP contribution in [0.25, 0.3) is 0 Å². The van der Waals surface area contributed by atoms with Crippen LogP contribution in [0.4, 0.5) is 0 Å². The van der Waals surface area contributed by atoms with E-state index < -0.39 is 0 Å². The van der Waals surface area contributed by atoms with Crippen molar-refractivity contribution in [2.45, 2.75) is 38.6 Å². The van der Waals surface area contributed by atoms with Gasteiger partial charge < -0.3 is 15.0 Å². The number of nitrogens with zero attached hydrogens (tertiary/aromatic N) is 2. The zero-order chi connectivity index (χ0) is 12.3. The Morgan fingerprint density at radius 2 is 2.18 bits per heavy atom. The van der Waals surface area contributed by atoms with E-state index in [0.717, 1.165) is 26.1 Å². The molecule has 0 amide bonds. The first kappa shape index (κ1) is 12.6. The average Bonchev–Trinajstić information content (AvgIpc) is 2.80. The first-order valence-electron chi connectivity index (χ1n) is 6.53. The molecule has 0 aliphatic carbocycles. The van der Waals surface area contributed by atoms with Crippen LogP contribution in [0.5, 0.6) is 0 Å². The zero-order valence-corrected chi connectivity index (χ0v) is 10.8. The van der Waals surface area contributed by atoms with Gasteiger partial charge in [-0.05, 0) is 18.8 Å². The largest absolute Gasteiger partial charge is 0.381 e. The fraction of sp³-hybridized carbons (Fsp3) is 0.769. The highest BCUT2D eigenvalue weighted by atomic mass is 16.5. The van der Waals surface area contributed by atoms with Gasteiger partial charge in [-0.2, -0.15) is 0 Å².